The summed E-state index contributed by atoms with van der Waals surface area (Å²) >= 11 is 0. The van der Waals surface area contributed by atoms with E-state index in [0.29, 0.717) is 12.1 Å². The molecule has 19 heavy (non-hydrogen) atoms. The van der Waals surface area contributed by atoms with E-state index in [0.717, 1.165) is 18.5 Å². The number of rotatable bonds is 3. The third-order valence-corrected chi connectivity index (χ3v) is 3.59. The Labute approximate surface area is 112 Å². The Bertz CT molecular complexity index is 622. The molecule has 0 fully saturated rings. The smallest absolute Gasteiger partial charge is 0.336 e. The van der Waals surface area contributed by atoms with E-state index in [1.54, 1.807) is 12.1 Å². The summed E-state index contributed by atoms with van der Waals surface area (Å²) in [6.45, 7) is 1.60. The Morgan fingerprint density at radius 3 is 2.68 bits per heavy atom. The van der Waals surface area contributed by atoms with E-state index in [1.807, 2.05) is 24.3 Å². The van der Waals surface area contributed by atoms with Crippen LogP contribution >= 0.6 is 0 Å². The van der Waals surface area contributed by atoms with Crippen molar-refractivity contribution in [1.82, 2.24) is 0 Å². The lowest BCUT2D eigenvalue weighted by atomic mass is 10.1. The van der Waals surface area contributed by atoms with Crippen molar-refractivity contribution in [2.45, 2.75) is 13.0 Å². The largest absolute Gasteiger partial charge is 0.478 e. The molecule has 3 heteroatoms. The quantitative estimate of drug-likeness (QED) is 0.914. The average Bonchev–Trinajstić information content (AvgIpc) is 2.83. The minimum Gasteiger partial charge on any atom is -0.478 e. The number of nitrogens with zero attached hydrogens (tertiary/aromatic N) is 1. The van der Waals surface area contributed by atoms with E-state index in [1.165, 1.54) is 11.3 Å². The molecule has 0 radical (unpaired) electrons. The summed E-state index contributed by atoms with van der Waals surface area (Å²) in [6.07, 6.45) is 1.03. The van der Waals surface area contributed by atoms with Gasteiger partial charge in [0, 0.05) is 18.8 Å². The molecule has 0 bridgehead atoms. The van der Waals surface area contributed by atoms with Gasteiger partial charge in [-0.05, 0) is 29.7 Å². The van der Waals surface area contributed by atoms with Gasteiger partial charge in [-0.15, -0.1) is 0 Å². The lowest BCUT2D eigenvalue weighted by molar-refractivity contribution is 0.0695. The molecule has 0 atom stereocenters. The molecule has 3 rings (SSSR count). The van der Waals surface area contributed by atoms with Crippen LogP contribution in [0.1, 0.15) is 21.5 Å². The number of hydrogen-bond acceptors (Lipinski definition) is 2. The summed E-state index contributed by atoms with van der Waals surface area (Å²) in [4.78, 5) is 13.5. The van der Waals surface area contributed by atoms with Gasteiger partial charge in [0.2, 0.25) is 0 Å². The molecule has 0 aromatic heterocycles. The highest BCUT2D eigenvalue weighted by Gasteiger charge is 2.20. The van der Waals surface area contributed by atoms with Crippen molar-refractivity contribution in [1.29, 1.82) is 0 Å². The van der Waals surface area contributed by atoms with Crippen molar-refractivity contribution in [3.05, 3.63) is 65.2 Å². The molecular weight excluding hydrogens is 238 g/mol. The molecule has 1 N–H and O–H groups in total. The van der Waals surface area contributed by atoms with Crippen LogP contribution in [0.3, 0.4) is 0 Å². The average molecular weight is 253 g/mol. The highest BCUT2D eigenvalue weighted by atomic mass is 16.4. The van der Waals surface area contributed by atoms with Crippen LogP contribution in [0.4, 0.5) is 5.69 Å². The Kier molecular flexibility index (Phi) is 2.95. The third-order valence-electron chi connectivity index (χ3n) is 3.59. The fraction of sp³-hybridized carbons (Fsp3) is 0.188. The van der Waals surface area contributed by atoms with Gasteiger partial charge in [-0.3, -0.25) is 0 Å². The second kappa shape index (κ2) is 4.76. The maximum Gasteiger partial charge on any atom is 0.336 e. The fourth-order valence-electron chi connectivity index (χ4n) is 2.64. The summed E-state index contributed by atoms with van der Waals surface area (Å²) in [6, 6.07) is 15.5. The fourth-order valence-corrected chi connectivity index (χ4v) is 2.64. The Balaban J connectivity index is 1.90. The molecule has 96 valence electrons. The van der Waals surface area contributed by atoms with Crippen LogP contribution in [0.25, 0.3) is 0 Å². The molecule has 0 spiro atoms. The second-order valence-electron chi connectivity index (χ2n) is 4.76. The minimum absolute atomic E-state index is 0.395. The molecule has 1 aliphatic rings. The van der Waals surface area contributed by atoms with Crippen molar-refractivity contribution in [3.8, 4) is 0 Å². The lowest BCUT2D eigenvalue weighted by Gasteiger charge is -2.20. The predicted molar refractivity (Wildman–Crippen MR) is 74.6 cm³/mol. The van der Waals surface area contributed by atoms with Gasteiger partial charge >= 0.3 is 5.97 Å². The first-order chi connectivity index (χ1) is 9.25. The number of aromatic carboxylic acids is 1. The van der Waals surface area contributed by atoms with Crippen molar-refractivity contribution in [3.63, 3.8) is 0 Å². The van der Waals surface area contributed by atoms with Crippen molar-refractivity contribution in [2.24, 2.45) is 0 Å². The Hall–Kier alpha value is -2.29. The van der Waals surface area contributed by atoms with E-state index >= 15 is 0 Å². The topological polar surface area (TPSA) is 40.5 Å². The number of para-hydroxylation sites is 1. The van der Waals surface area contributed by atoms with Crippen LogP contribution in [0, 0.1) is 0 Å². The molecule has 1 heterocycles. The number of benzene rings is 2. The first-order valence-corrected chi connectivity index (χ1v) is 6.40. The highest BCUT2D eigenvalue weighted by molar-refractivity contribution is 5.89. The van der Waals surface area contributed by atoms with E-state index in [4.69, 9.17) is 0 Å². The van der Waals surface area contributed by atoms with Crippen LogP contribution in [0.2, 0.25) is 0 Å². The normalized spacial score (nSPS) is 13.4. The molecular formula is C16H15NO2. The lowest BCUT2D eigenvalue weighted by Crippen LogP contribution is -2.21. The van der Waals surface area contributed by atoms with Crippen molar-refractivity contribution < 1.29 is 9.90 Å². The van der Waals surface area contributed by atoms with Crippen LogP contribution in [-0.4, -0.2) is 17.6 Å². The molecule has 2 aromatic carbocycles. The standard InChI is InChI=1S/C16H15NO2/c18-16(19)14-7-3-1-6-13(14)11-17-10-9-12-5-2-4-8-15(12)17/h1-8H,9-11H2,(H,18,19). The highest BCUT2D eigenvalue weighted by Crippen LogP contribution is 2.29. The van der Waals surface area contributed by atoms with Gasteiger partial charge in [-0.1, -0.05) is 36.4 Å². The molecule has 1 aliphatic heterocycles. The van der Waals surface area contributed by atoms with E-state index in [9.17, 15) is 9.90 Å². The van der Waals surface area contributed by atoms with E-state index < -0.39 is 5.97 Å². The SMILES string of the molecule is O=C(O)c1ccccc1CN1CCc2ccccc21. The van der Waals surface area contributed by atoms with Crippen molar-refractivity contribution in [2.75, 3.05) is 11.4 Å². The first-order valence-electron chi connectivity index (χ1n) is 6.40. The minimum atomic E-state index is -0.858. The number of anilines is 1. The number of hydrogen-bond donors (Lipinski definition) is 1. The summed E-state index contributed by atoms with van der Waals surface area (Å²) in [5.41, 5.74) is 3.83. The van der Waals surface area contributed by atoms with Gasteiger partial charge in [-0.2, -0.15) is 0 Å². The van der Waals surface area contributed by atoms with E-state index in [2.05, 4.69) is 17.0 Å². The van der Waals surface area contributed by atoms with Gasteiger partial charge in [0.15, 0.2) is 0 Å². The number of carbonyl (C=O) groups is 1. The van der Waals surface area contributed by atoms with Crippen LogP contribution < -0.4 is 4.90 Å². The van der Waals surface area contributed by atoms with Crippen molar-refractivity contribution >= 4 is 11.7 Å². The molecule has 0 saturated heterocycles. The molecule has 0 aliphatic carbocycles. The van der Waals surface area contributed by atoms with Gasteiger partial charge < -0.3 is 10.0 Å². The van der Waals surface area contributed by atoms with Crippen LogP contribution in [0.15, 0.2) is 48.5 Å². The van der Waals surface area contributed by atoms with Gasteiger partial charge in [0.25, 0.3) is 0 Å². The zero-order valence-corrected chi connectivity index (χ0v) is 10.5. The monoisotopic (exact) mass is 253 g/mol. The molecule has 2 aromatic rings. The Morgan fingerprint density at radius 1 is 1.11 bits per heavy atom. The van der Waals surface area contributed by atoms with Crippen LogP contribution in [-0.2, 0) is 13.0 Å². The first kappa shape index (κ1) is 11.8. The Morgan fingerprint density at radius 2 is 1.84 bits per heavy atom. The summed E-state index contributed by atoms with van der Waals surface area (Å²) < 4.78 is 0. The second-order valence-corrected chi connectivity index (χ2v) is 4.76. The molecule has 3 nitrogen and oxygen atoms in total. The van der Waals surface area contributed by atoms with Gasteiger partial charge in [-0.25, -0.2) is 4.79 Å². The number of carboxylic acid groups (broad SMARTS) is 1. The predicted octanol–water partition coefficient (Wildman–Crippen LogP) is 2.95. The summed E-state index contributed by atoms with van der Waals surface area (Å²) in [7, 11) is 0. The van der Waals surface area contributed by atoms with Crippen LogP contribution in [0.5, 0.6) is 0 Å². The number of carboxylic acids is 1. The number of fused-ring (bicyclic) bond motifs is 1. The molecule has 0 amide bonds. The summed E-state index contributed by atoms with van der Waals surface area (Å²) in [5.74, 6) is -0.858. The molecule has 0 saturated carbocycles. The van der Waals surface area contributed by atoms with E-state index in [-0.39, 0.29) is 0 Å². The zero-order valence-electron chi connectivity index (χ0n) is 10.5. The molecule has 0 unspecified atom stereocenters. The third kappa shape index (κ3) is 2.19. The zero-order chi connectivity index (χ0) is 13.2. The maximum atomic E-state index is 11.2. The van der Waals surface area contributed by atoms with Gasteiger partial charge in [0.1, 0.15) is 0 Å². The summed E-state index contributed by atoms with van der Waals surface area (Å²) in [5, 5.41) is 9.22. The van der Waals surface area contributed by atoms with Gasteiger partial charge in [0.05, 0.1) is 5.56 Å². The maximum absolute atomic E-state index is 11.2.